The van der Waals surface area contributed by atoms with Crippen LogP contribution >= 0.6 is 0 Å². The Hall–Kier alpha value is -1.35. The lowest BCUT2D eigenvalue weighted by Crippen LogP contribution is -2.27. The van der Waals surface area contributed by atoms with E-state index < -0.39 is 0 Å². The van der Waals surface area contributed by atoms with Crippen molar-refractivity contribution in [2.75, 3.05) is 0 Å². The quantitative estimate of drug-likeness (QED) is 0.931. The van der Waals surface area contributed by atoms with Crippen molar-refractivity contribution in [3.8, 4) is 0 Å². The molecule has 0 saturated heterocycles. The minimum Gasteiger partial charge on any atom is -0.327 e. The fourth-order valence-corrected chi connectivity index (χ4v) is 4.48. The van der Waals surface area contributed by atoms with Crippen LogP contribution in [-0.2, 0) is 13.5 Å². The van der Waals surface area contributed by atoms with Crippen LogP contribution in [0.15, 0.2) is 24.3 Å². The van der Waals surface area contributed by atoms with Gasteiger partial charge in [-0.2, -0.15) is 5.10 Å². The van der Waals surface area contributed by atoms with Crippen LogP contribution in [0.2, 0.25) is 0 Å². The van der Waals surface area contributed by atoms with E-state index in [4.69, 9.17) is 10.8 Å². The molecule has 1 heterocycles. The van der Waals surface area contributed by atoms with Crippen molar-refractivity contribution in [1.82, 2.24) is 9.78 Å². The first-order chi connectivity index (χ1) is 9.75. The molecule has 3 atom stereocenters. The number of rotatable bonds is 3. The smallest absolute Gasteiger partial charge is 0.0718 e. The Kier molecular flexibility index (Phi) is 2.84. The van der Waals surface area contributed by atoms with Crippen LogP contribution in [0.5, 0.6) is 0 Å². The van der Waals surface area contributed by atoms with Crippen LogP contribution in [0.3, 0.4) is 0 Å². The largest absolute Gasteiger partial charge is 0.327 e. The first kappa shape index (κ1) is 12.4. The first-order valence-corrected chi connectivity index (χ1v) is 7.92. The highest BCUT2D eigenvalue weighted by atomic mass is 15.3. The average molecular weight is 269 g/mol. The van der Waals surface area contributed by atoms with Gasteiger partial charge in [0.15, 0.2) is 0 Å². The number of para-hydroxylation sites is 1. The molecule has 1 aromatic heterocycles. The molecule has 0 aliphatic heterocycles. The van der Waals surface area contributed by atoms with Gasteiger partial charge in [0, 0.05) is 24.9 Å². The number of hydrogen-bond donors (Lipinski definition) is 1. The van der Waals surface area contributed by atoms with E-state index in [2.05, 4.69) is 24.3 Å². The Morgan fingerprint density at radius 1 is 1.25 bits per heavy atom. The highest BCUT2D eigenvalue weighted by molar-refractivity contribution is 5.81. The van der Waals surface area contributed by atoms with Crippen LogP contribution in [0, 0.1) is 17.8 Å². The van der Waals surface area contributed by atoms with Crippen LogP contribution in [0.1, 0.15) is 31.4 Å². The molecule has 1 aromatic carbocycles. The highest BCUT2D eigenvalue weighted by Gasteiger charge is 2.53. The number of fused-ring (bicyclic) bond motifs is 2. The van der Waals surface area contributed by atoms with E-state index in [0.29, 0.717) is 6.04 Å². The third-order valence-electron chi connectivity index (χ3n) is 5.48. The molecule has 2 aromatic rings. The number of hydrogen-bond acceptors (Lipinski definition) is 2. The second-order valence-electron chi connectivity index (χ2n) is 6.64. The zero-order chi connectivity index (χ0) is 13.7. The zero-order valence-electron chi connectivity index (χ0n) is 12.1. The molecule has 3 heteroatoms. The van der Waals surface area contributed by atoms with Gasteiger partial charge in [0.25, 0.3) is 0 Å². The van der Waals surface area contributed by atoms with Gasteiger partial charge in [0.05, 0.1) is 11.2 Å². The minimum absolute atomic E-state index is 0.293. The molecule has 20 heavy (non-hydrogen) atoms. The molecule has 2 N–H and O–H groups in total. The molecule has 2 aliphatic rings. The van der Waals surface area contributed by atoms with Crippen molar-refractivity contribution in [1.29, 1.82) is 0 Å². The molecule has 3 unspecified atom stereocenters. The summed E-state index contributed by atoms with van der Waals surface area (Å²) in [7, 11) is 2.02. The second kappa shape index (κ2) is 4.59. The van der Waals surface area contributed by atoms with Gasteiger partial charge in [-0.15, -0.1) is 0 Å². The highest BCUT2D eigenvalue weighted by Crippen LogP contribution is 2.56. The Morgan fingerprint density at radius 3 is 2.70 bits per heavy atom. The average Bonchev–Trinajstić information content (AvgIpc) is 3.13. The van der Waals surface area contributed by atoms with Crippen LogP contribution in [0.4, 0.5) is 0 Å². The van der Waals surface area contributed by atoms with Crippen molar-refractivity contribution in [3.63, 3.8) is 0 Å². The zero-order valence-corrected chi connectivity index (χ0v) is 12.1. The van der Waals surface area contributed by atoms with Crippen molar-refractivity contribution < 1.29 is 0 Å². The lowest BCUT2D eigenvalue weighted by molar-refractivity contribution is 0.480. The standard InChI is InChI=1S/C17H23N3/c1-20-16-9-5-4-8-13(16)15(19-20)10-14(18)17-11-6-2-3-7-12(11)17/h4-5,8-9,11-12,14,17H,2-3,6-7,10,18H2,1H3. The summed E-state index contributed by atoms with van der Waals surface area (Å²) in [4.78, 5) is 0. The summed E-state index contributed by atoms with van der Waals surface area (Å²) in [6.45, 7) is 0. The molecule has 0 spiro atoms. The SMILES string of the molecule is Cn1nc(CC(N)C2C3CCCCC32)c2ccccc21. The molecule has 2 aliphatic carbocycles. The molecule has 0 radical (unpaired) electrons. The predicted octanol–water partition coefficient (Wildman–Crippen LogP) is 2.88. The van der Waals surface area contributed by atoms with Crippen molar-refractivity contribution >= 4 is 10.9 Å². The Balaban J connectivity index is 1.56. The third kappa shape index (κ3) is 1.87. The van der Waals surface area contributed by atoms with Gasteiger partial charge in [-0.3, -0.25) is 4.68 Å². The van der Waals surface area contributed by atoms with Gasteiger partial charge in [0.2, 0.25) is 0 Å². The number of nitrogens with two attached hydrogens (primary N) is 1. The van der Waals surface area contributed by atoms with Gasteiger partial charge in [0.1, 0.15) is 0 Å². The molecule has 3 nitrogen and oxygen atoms in total. The topological polar surface area (TPSA) is 43.8 Å². The summed E-state index contributed by atoms with van der Waals surface area (Å²) in [5.41, 5.74) is 8.91. The maximum atomic E-state index is 6.52. The van der Waals surface area contributed by atoms with Crippen molar-refractivity contribution in [2.45, 2.75) is 38.1 Å². The first-order valence-electron chi connectivity index (χ1n) is 7.92. The molecule has 4 rings (SSSR count). The maximum Gasteiger partial charge on any atom is 0.0718 e. The second-order valence-corrected chi connectivity index (χ2v) is 6.64. The number of benzene rings is 1. The number of aromatic nitrogens is 2. The molecule has 0 amide bonds. The third-order valence-corrected chi connectivity index (χ3v) is 5.48. The summed E-state index contributed by atoms with van der Waals surface area (Å²) in [5.74, 6) is 2.61. The van der Waals surface area contributed by atoms with Gasteiger partial charge in [-0.25, -0.2) is 0 Å². The molecular formula is C17H23N3. The summed E-state index contributed by atoms with van der Waals surface area (Å²) >= 11 is 0. The summed E-state index contributed by atoms with van der Waals surface area (Å²) in [6, 6.07) is 8.76. The number of nitrogens with zero attached hydrogens (tertiary/aromatic N) is 2. The van der Waals surface area contributed by atoms with Gasteiger partial charge < -0.3 is 5.73 Å². The van der Waals surface area contributed by atoms with Gasteiger partial charge in [-0.1, -0.05) is 31.0 Å². The Bertz CT molecular complexity index is 618. The minimum atomic E-state index is 0.293. The monoisotopic (exact) mass is 269 g/mol. The normalized spacial score (nSPS) is 30.2. The van der Waals surface area contributed by atoms with E-state index in [-0.39, 0.29) is 0 Å². The molecule has 0 bridgehead atoms. The van der Waals surface area contributed by atoms with E-state index in [1.54, 1.807) is 0 Å². The van der Waals surface area contributed by atoms with Crippen LogP contribution in [0.25, 0.3) is 10.9 Å². The van der Waals surface area contributed by atoms with Gasteiger partial charge in [-0.05, 0) is 36.7 Å². The van der Waals surface area contributed by atoms with Crippen LogP contribution < -0.4 is 5.73 Å². The molecular weight excluding hydrogens is 246 g/mol. The Labute approximate surface area is 120 Å². The summed E-state index contributed by atoms with van der Waals surface area (Å²) < 4.78 is 1.98. The van der Waals surface area contributed by atoms with Crippen LogP contribution in [-0.4, -0.2) is 15.8 Å². The van der Waals surface area contributed by atoms with E-state index in [9.17, 15) is 0 Å². The lowest BCUT2D eigenvalue weighted by Gasteiger charge is -2.09. The van der Waals surface area contributed by atoms with E-state index >= 15 is 0 Å². The van der Waals surface area contributed by atoms with Crippen molar-refractivity contribution in [2.24, 2.45) is 30.5 Å². The molecule has 2 fully saturated rings. The fraction of sp³-hybridized carbons (Fsp3) is 0.588. The fourth-order valence-electron chi connectivity index (χ4n) is 4.48. The van der Waals surface area contributed by atoms with Gasteiger partial charge >= 0.3 is 0 Å². The maximum absolute atomic E-state index is 6.52. The van der Waals surface area contributed by atoms with E-state index in [0.717, 1.165) is 24.2 Å². The Morgan fingerprint density at radius 2 is 1.95 bits per heavy atom. The number of aryl methyl sites for hydroxylation is 1. The molecule has 2 saturated carbocycles. The predicted molar refractivity (Wildman–Crippen MR) is 81.3 cm³/mol. The summed E-state index contributed by atoms with van der Waals surface area (Å²) in [6.07, 6.45) is 6.57. The van der Waals surface area contributed by atoms with E-state index in [1.165, 1.54) is 42.3 Å². The van der Waals surface area contributed by atoms with E-state index in [1.807, 2.05) is 11.7 Å². The molecule has 106 valence electrons. The lowest BCUT2D eigenvalue weighted by atomic mass is 10.0. The summed E-state index contributed by atoms with van der Waals surface area (Å²) in [5, 5.41) is 5.97. The van der Waals surface area contributed by atoms with Crippen molar-refractivity contribution in [3.05, 3.63) is 30.0 Å².